The molecule has 0 amide bonds. The lowest BCUT2D eigenvalue weighted by Crippen LogP contribution is -2.06. The first-order valence-electron chi connectivity index (χ1n) is 7.05. The van der Waals surface area contributed by atoms with E-state index in [0.717, 1.165) is 5.56 Å². The number of carbonyl (C=O) groups is 2. The van der Waals surface area contributed by atoms with Gasteiger partial charge < -0.3 is 19.7 Å². The molecule has 0 aliphatic rings. The van der Waals surface area contributed by atoms with Gasteiger partial charge in [-0.2, -0.15) is 0 Å². The summed E-state index contributed by atoms with van der Waals surface area (Å²) < 4.78 is 10.3. The van der Waals surface area contributed by atoms with E-state index in [9.17, 15) is 14.7 Å². The second kappa shape index (κ2) is 7.82. The molecule has 0 aromatic heterocycles. The summed E-state index contributed by atoms with van der Waals surface area (Å²) in [6, 6.07) is 10.9. The molecule has 2 rings (SSSR count). The third-order valence-corrected chi connectivity index (χ3v) is 3.10. The molecule has 0 aliphatic heterocycles. The first-order chi connectivity index (χ1) is 11.5. The van der Waals surface area contributed by atoms with Crippen molar-refractivity contribution in [2.75, 3.05) is 7.11 Å². The summed E-state index contributed by atoms with van der Waals surface area (Å²) in [6.45, 7) is 0. The fraction of sp³-hybridized carbons (Fsp3) is 0.111. The lowest BCUT2D eigenvalue weighted by atomic mass is 10.1. The van der Waals surface area contributed by atoms with Gasteiger partial charge in [-0.05, 0) is 41.5 Å². The number of ether oxygens (including phenoxy) is 2. The van der Waals surface area contributed by atoms with Crippen molar-refractivity contribution in [3.05, 3.63) is 59.7 Å². The Kier molecular flexibility index (Phi) is 5.57. The van der Waals surface area contributed by atoms with E-state index in [2.05, 4.69) is 0 Å². The van der Waals surface area contributed by atoms with Crippen molar-refractivity contribution in [3.8, 4) is 17.2 Å². The molecule has 2 aromatic rings. The highest BCUT2D eigenvalue weighted by Gasteiger charge is 2.10. The maximum atomic E-state index is 11.9. The van der Waals surface area contributed by atoms with Gasteiger partial charge in [0.1, 0.15) is 5.75 Å². The zero-order chi connectivity index (χ0) is 17.5. The molecule has 124 valence electrons. The van der Waals surface area contributed by atoms with Gasteiger partial charge in [0, 0.05) is 6.08 Å². The van der Waals surface area contributed by atoms with Gasteiger partial charge >= 0.3 is 11.9 Å². The number of methoxy groups -OCH3 is 1. The van der Waals surface area contributed by atoms with Crippen molar-refractivity contribution in [1.82, 2.24) is 0 Å². The van der Waals surface area contributed by atoms with Crippen LogP contribution in [0.25, 0.3) is 6.08 Å². The number of aliphatic carboxylic acids is 1. The number of phenolic OH excluding ortho intramolecular Hbond substituents is 1. The summed E-state index contributed by atoms with van der Waals surface area (Å²) in [5, 5.41) is 18.0. The molecule has 6 nitrogen and oxygen atoms in total. The lowest BCUT2D eigenvalue weighted by Gasteiger charge is -2.09. The van der Waals surface area contributed by atoms with Crippen LogP contribution in [0, 0.1) is 0 Å². The molecule has 0 radical (unpaired) electrons. The normalized spacial score (nSPS) is 10.5. The number of hydrogen-bond acceptors (Lipinski definition) is 5. The van der Waals surface area contributed by atoms with E-state index in [-0.39, 0.29) is 23.7 Å². The van der Waals surface area contributed by atoms with Crippen LogP contribution in [-0.2, 0) is 16.0 Å². The molecule has 2 N–H and O–H groups in total. The third kappa shape index (κ3) is 4.88. The Morgan fingerprint density at radius 3 is 2.42 bits per heavy atom. The maximum Gasteiger partial charge on any atom is 0.336 e. The minimum Gasteiger partial charge on any atom is -0.508 e. The maximum absolute atomic E-state index is 11.9. The standard InChI is InChI=1S/C18H16O6/c1-23-16-10-13(11-17(20)21)4-8-15(16)24-18(22)9-5-12-2-6-14(19)7-3-12/h2-10,19H,11H2,1H3,(H,20,21). The van der Waals surface area contributed by atoms with E-state index in [1.165, 1.54) is 37.5 Å². The number of rotatable bonds is 6. The number of esters is 1. The van der Waals surface area contributed by atoms with Gasteiger partial charge in [-0.3, -0.25) is 4.79 Å². The summed E-state index contributed by atoms with van der Waals surface area (Å²) >= 11 is 0. The van der Waals surface area contributed by atoms with Crippen molar-refractivity contribution < 1.29 is 29.3 Å². The molecular weight excluding hydrogens is 312 g/mol. The number of aromatic hydroxyl groups is 1. The molecule has 0 spiro atoms. The first-order valence-corrected chi connectivity index (χ1v) is 7.05. The molecule has 0 heterocycles. The number of benzene rings is 2. The number of carbonyl (C=O) groups excluding carboxylic acids is 1. The van der Waals surface area contributed by atoms with Crippen LogP contribution in [0.3, 0.4) is 0 Å². The Balaban J connectivity index is 2.07. The molecule has 0 aliphatic carbocycles. The van der Waals surface area contributed by atoms with Crippen LogP contribution in [0.5, 0.6) is 17.2 Å². The van der Waals surface area contributed by atoms with Gasteiger partial charge in [-0.1, -0.05) is 18.2 Å². The van der Waals surface area contributed by atoms with Crippen molar-refractivity contribution in [2.45, 2.75) is 6.42 Å². The van der Waals surface area contributed by atoms with Crippen molar-refractivity contribution in [3.63, 3.8) is 0 Å². The van der Waals surface area contributed by atoms with Crippen LogP contribution < -0.4 is 9.47 Å². The van der Waals surface area contributed by atoms with Gasteiger partial charge in [0.15, 0.2) is 11.5 Å². The predicted octanol–water partition coefficient (Wildman–Crippen LogP) is 2.65. The van der Waals surface area contributed by atoms with Gasteiger partial charge in [-0.15, -0.1) is 0 Å². The van der Waals surface area contributed by atoms with Crippen LogP contribution in [0.1, 0.15) is 11.1 Å². The van der Waals surface area contributed by atoms with Crippen LogP contribution in [0.2, 0.25) is 0 Å². The Bertz CT molecular complexity index is 762. The van der Waals surface area contributed by atoms with Crippen LogP contribution >= 0.6 is 0 Å². The molecule has 24 heavy (non-hydrogen) atoms. The second-order valence-electron chi connectivity index (χ2n) is 4.90. The monoisotopic (exact) mass is 328 g/mol. The Labute approximate surface area is 138 Å². The smallest absolute Gasteiger partial charge is 0.336 e. The highest BCUT2D eigenvalue weighted by molar-refractivity contribution is 5.89. The largest absolute Gasteiger partial charge is 0.508 e. The van der Waals surface area contributed by atoms with Crippen molar-refractivity contribution >= 4 is 18.0 Å². The van der Waals surface area contributed by atoms with Gasteiger partial charge in [0.05, 0.1) is 13.5 Å². The molecule has 0 fully saturated rings. The van der Waals surface area contributed by atoms with Gasteiger partial charge in [0.2, 0.25) is 0 Å². The van der Waals surface area contributed by atoms with Crippen molar-refractivity contribution in [1.29, 1.82) is 0 Å². The fourth-order valence-electron chi connectivity index (χ4n) is 1.97. The molecular formula is C18H16O6. The molecule has 6 heteroatoms. The van der Waals surface area contributed by atoms with E-state index in [4.69, 9.17) is 14.6 Å². The van der Waals surface area contributed by atoms with Gasteiger partial charge in [-0.25, -0.2) is 4.79 Å². The van der Waals surface area contributed by atoms with E-state index in [0.29, 0.717) is 5.56 Å². The van der Waals surface area contributed by atoms with E-state index < -0.39 is 11.9 Å². The lowest BCUT2D eigenvalue weighted by molar-refractivity contribution is -0.136. The van der Waals surface area contributed by atoms with E-state index >= 15 is 0 Å². The van der Waals surface area contributed by atoms with Crippen LogP contribution in [-0.4, -0.2) is 29.3 Å². The Hall–Kier alpha value is -3.28. The molecule has 2 aromatic carbocycles. The fourth-order valence-corrected chi connectivity index (χ4v) is 1.97. The summed E-state index contributed by atoms with van der Waals surface area (Å²) in [4.78, 5) is 22.6. The summed E-state index contributed by atoms with van der Waals surface area (Å²) in [5.74, 6) is -0.945. The summed E-state index contributed by atoms with van der Waals surface area (Å²) in [7, 11) is 1.41. The zero-order valence-corrected chi connectivity index (χ0v) is 12.9. The SMILES string of the molecule is COc1cc(CC(=O)O)ccc1OC(=O)C=Cc1ccc(O)cc1. The van der Waals surface area contributed by atoms with Gasteiger partial charge in [0.25, 0.3) is 0 Å². The number of carboxylic acids is 1. The quantitative estimate of drug-likeness (QED) is 0.481. The van der Waals surface area contributed by atoms with Crippen LogP contribution in [0.4, 0.5) is 0 Å². The summed E-state index contributed by atoms with van der Waals surface area (Å²) in [6.07, 6.45) is 2.65. The highest BCUT2D eigenvalue weighted by Crippen LogP contribution is 2.28. The molecule has 0 saturated heterocycles. The highest BCUT2D eigenvalue weighted by atomic mass is 16.6. The minimum atomic E-state index is -0.960. The molecule has 0 saturated carbocycles. The molecule has 0 unspecified atom stereocenters. The zero-order valence-electron chi connectivity index (χ0n) is 12.9. The third-order valence-electron chi connectivity index (χ3n) is 3.10. The van der Waals surface area contributed by atoms with E-state index in [1.54, 1.807) is 24.3 Å². The Morgan fingerprint density at radius 1 is 1.08 bits per heavy atom. The molecule has 0 bridgehead atoms. The minimum absolute atomic E-state index is 0.140. The van der Waals surface area contributed by atoms with Crippen LogP contribution in [0.15, 0.2) is 48.5 Å². The second-order valence-corrected chi connectivity index (χ2v) is 4.90. The number of hydrogen-bond donors (Lipinski definition) is 2. The average Bonchev–Trinajstić information content (AvgIpc) is 2.55. The summed E-state index contributed by atoms with van der Waals surface area (Å²) in [5.41, 5.74) is 1.27. The van der Waals surface area contributed by atoms with E-state index in [1.807, 2.05) is 0 Å². The molecule has 0 atom stereocenters. The topological polar surface area (TPSA) is 93.1 Å². The number of phenols is 1. The Morgan fingerprint density at radius 2 is 1.79 bits per heavy atom. The van der Waals surface area contributed by atoms with Crippen molar-refractivity contribution in [2.24, 2.45) is 0 Å². The number of carboxylic acid groups (broad SMARTS) is 1. The predicted molar refractivity (Wildman–Crippen MR) is 87.1 cm³/mol. The first kappa shape index (κ1) is 17.1. The average molecular weight is 328 g/mol.